The molecule has 0 atom stereocenters. The summed E-state index contributed by atoms with van der Waals surface area (Å²) in [7, 11) is 0. The number of unbranched alkanes of at least 4 members (excludes halogenated alkanes) is 1. The van der Waals surface area contributed by atoms with Gasteiger partial charge in [-0.3, -0.25) is 4.98 Å². The zero-order valence-electron chi connectivity index (χ0n) is 11.2. The third kappa shape index (κ3) is 3.54. The van der Waals surface area contributed by atoms with E-state index >= 15 is 0 Å². The Morgan fingerprint density at radius 3 is 2.50 bits per heavy atom. The first-order chi connectivity index (χ1) is 9.70. The van der Waals surface area contributed by atoms with Gasteiger partial charge in [-0.2, -0.15) is 0 Å². The molecule has 2 aromatic rings. The SMILES string of the molecule is CCCCOc1ccc(-c2cnc(C(=O)O)cn2)cc1. The highest BCUT2D eigenvalue weighted by atomic mass is 16.5. The van der Waals surface area contributed by atoms with Crippen LogP contribution in [-0.4, -0.2) is 27.7 Å². The first-order valence-corrected chi connectivity index (χ1v) is 6.49. The van der Waals surface area contributed by atoms with Gasteiger partial charge >= 0.3 is 5.97 Å². The summed E-state index contributed by atoms with van der Waals surface area (Å²) < 4.78 is 5.57. The standard InChI is InChI=1S/C15H16N2O3/c1-2-3-8-20-12-6-4-11(5-7-12)13-9-17-14(10-16-13)15(18)19/h4-7,9-10H,2-3,8H2,1H3,(H,18,19). The summed E-state index contributed by atoms with van der Waals surface area (Å²) in [5.74, 6) is -0.263. The van der Waals surface area contributed by atoms with E-state index in [0.717, 1.165) is 24.2 Å². The molecule has 1 aromatic carbocycles. The Labute approximate surface area is 117 Å². The lowest BCUT2D eigenvalue weighted by atomic mass is 10.1. The van der Waals surface area contributed by atoms with Gasteiger partial charge in [0.15, 0.2) is 5.69 Å². The zero-order valence-corrected chi connectivity index (χ0v) is 11.2. The second kappa shape index (κ2) is 6.65. The van der Waals surface area contributed by atoms with Gasteiger partial charge < -0.3 is 9.84 Å². The van der Waals surface area contributed by atoms with Gasteiger partial charge in [0.05, 0.1) is 24.7 Å². The summed E-state index contributed by atoms with van der Waals surface area (Å²) in [4.78, 5) is 18.6. The number of ether oxygens (including phenoxy) is 1. The zero-order chi connectivity index (χ0) is 14.4. The van der Waals surface area contributed by atoms with Gasteiger partial charge in [0.2, 0.25) is 0 Å². The molecule has 1 N–H and O–H groups in total. The van der Waals surface area contributed by atoms with Gasteiger partial charge in [-0.25, -0.2) is 9.78 Å². The average Bonchev–Trinajstić information content (AvgIpc) is 2.48. The molecule has 0 unspecified atom stereocenters. The first kappa shape index (κ1) is 14.0. The van der Waals surface area contributed by atoms with Gasteiger partial charge in [0.25, 0.3) is 0 Å². The lowest BCUT2D eigenvalue weighted by molar-refractivity contribution is 0.0690. The fourth-order valence-electron chi connectivity index (χ4n) is 1.64. The molecule has 0 saturated heterocycles. The van der Waals surface area contributed by atoms with E-state index in [1.165, 1.54) is 12.4 Å². The Kier molecular flexibility index (Phi) is 4.65. The molecule has 1 aromatic heterocycles. The van der Waals surface area contributed by atoms with Crippen LogP contribution in [0.1, 0.15) is 30.3 Å². The van der Waals surface area contributed by atoms with E-state index in [1.54, 1.807) is 0 Å². The normalized spacial score (nSPS) is 10.2. The molecule has 20 heavy (non-hydrogen) atoms. The summed E-state index contributed by atoms with van der Waals surface area (Å²) in [6.07, 6.45) is 4.84. The fraction of sp³-hybridized carbons (Fsp3) is 0.267. The molecule has 104 valence electrons. The van der Waals surface area contributed by atoms with E-state index in [2.05, 4.69) is 16.9 Å². The highest BCUT2D eigenvalue weighted by molar-refractivity contribution is 5.85. The summed E-state index contributed by atoms with van der Waals surface area (Å²) in [5, 5.41) is 8.77. The maximum Gasteiger partial charge on any atom is 0.356 e. The highest BCUT2D eigenvalue weighted by Gasteiger charge is 2.06. The Bertz CT molecular complexity index is 565. The minimum atomic E-state index is -1.08. The van der Waals surface area contributed by atoms with E-state index in [9.17, 15) is 4.79 Å². The maximum absolute atomic E-state index is 10.7. The van der Waals surface area contributed by atoms with Crippen molar-refractivity contribution in [1.82, 2.24) is 9.97 Å². The lowest BCUT2D eigenvalue weighted by Crippen LogP contribution is -2.01. The van der Waals surface area contributed by atoms with Crippen molar-refractivity contribution in [2.45, 2.75) is 19.8 Å². The number of hydrogen-bond acceptors (Lipinski definition) is 4. The van der Waals surface area contributed by atoms with Crippen molar-refractivity contribution in [3.8, 4) is 17.0 Å². The number of carboxylic acid groups (broad SMARTS) is 1. The molecule has 5 nitrogen and oxygen atoms in total. The predicted molar refractivity (Wildman–Crippen MR) is 74.8 cm³/mol. The molecule has 0 aliphatic rings. The van der Waals surface area contributed by atoms with Gasteiger partial charge in [-0.15, -0.1) is 0 Å². The van der Waals surface area contributed by atoms with Crippen LogP contribution < -0.4 is 4.74 Å². The second-order valence-electron chi connectivity index (χ2n) is 4.32. The Hall–Kier alpha value is -2.43. The van der Waals surface area contributed by atoms with Crippen LogP contribution in [0.25, 0.3) is 11.3 Å². The van der Waals surface area contributed by atoms with Crippen LogP contribution in [0.2, 0.25) is 0 Å². The Balaban J connectivity index is 2.07. The van der Waals surface area contributed by atoms with Crippen LogP contribution in [0.5, 0.6) is 5.75 Å². The van der Waals surface area contributed by atoms with Crippen LogP contribution in [0.4, 0.5) is 0 Å². The minimum Gasteiger partial charge on any atom is -0.494 e. The molecule has 0 spiro atoms. The number of hydrogen-bond donors (Lipinski definition) is 1. The number of carbonyl (C=O) groups is 1. The molecule has 0 fully saturated rings. The van der Waals surface area contributed by atoms with Crippen molar-refractivity contribution in [2.24, 2.45) is 0 Å². The molecule has 0 aliphatic heterocycles. The molecule has 0 aliphatic carbocycles. The summed E-state index contributed by atoms with van der Waals surface area (Å²) in [6, 6.07) is 7.51. The molecule has 2 rings (SSSR count). The second-order valence-corrected chi connectivity index (χ2v) is 4.32. The molecule has 0 amide bonds. The van der Waals surface area contributed by atoms with Gasteiger partial charge in [-0.05, 0) is 30.7 Å². The molecule has 0 saturated carbocycles. The monoisotopic (exact) mass is 272 g/mol. The third-order valence-corrected chi connectivity index (χ3v) is 2.79. The van der Waals surface area contributed by atoms with E-state index in [4.69, 9.17) is 9.84 Å². The number of benzene rings is 1. The van der Waals surface area contributed by atoms with Crippen molar-refractivity contribution in [2.75, 3.05) is 6.61 Å². The topological polar surface area (TPSA) is 72.3 Å². The van der Waals surface area contributed by atoms with Crippen molar-refractivity contribution in [1.29, 1.82) is 0 Å². The van der Waals surface area contributed by atoms with E-state index in [0.29, 0.717) is 12.3 Å². The van der Waals surface area contributed by atoms with Crippen molar-refractivity contribution >= 4 is 5.97 Å². The maximum atomic E-state index is 10.7. The number of aromatic nitrogens is 2. The molecule has 5 heteroatoms. The summed E-state index contributed by atoms with van der Waals surface area (Å²) in [6.45, 7) is 2.83. The Morgan fingerprint density at radius 2 is 1.95 bits per heavy atom. The molecular weight excluding hydrogens is 256 g/mol. The van der Waals surface area contributed by atoms with Crippen LogP contribution in [0.15, 0.2) is 36.7 Å². The van der Waals surface area contributed by atoms with Crippen LogP contribution >= 0.6 is 0 Å². The quantitative estimate of drug-likeness (QED) is 0.818. The summed E-state index contributed by atoms with van der Waals surface area (Å²) >= 11 is 0. The summed E-state index contributed by atoms with van der Waals surface area (Å²) in [5.41, 5.74) is 1.45. The van der Waals surface area contributed by atoms with E-state index in [1.807, 2.05) is 24.3 Å². The number of nitrogens with zero attached hydrogens (tertiary/aromatic N) is 2. The van der Waals surface area contributed by atoms with Crippen LogP contribution in [-0.2, 0) is 0 Å². The number of aromatic carboxylic acids is 1. The lowest BCUT2D eigenvalue weighted by Gasteiger charge is -2.06. The first-order valence-electron chi connectivity index (χ1n) is 6.49. The molecule has 1 heterocycles. The number of rotatable bonds is 6. The third-order valence-electron chi connectivity index (χ3n) is 2.79. The Morgan fingerprint density at radius 1 is 1.20 bits per heavy atom. The predicted octanol–water partition coefficient (Wildman–Crippen LogP) is 3.02. The van der Waals surface area contributed by atoms with Crippen LogP contribution in [0.3, 0.4) is 0 Å². The number of carboxylic acids is 1. The molecular formula is C15H16N2O3. The highest BCUT2D eigenvalue weighted by Crippen LogP contribution is 2.20. The van der Waals surface area contributed by atoms with E-state index in [-0.39, 0.29) is 5.69 Å². The largest absolute Gasteiger partial charge is 0.494 e. The average molecular weight is 272 g/mol. The van der Waals surface area contributed by atoms with Crippen molar-refractivity contribution in [3.63, 3.8) is 0 Å². The smallest absolute Gasteiger partial charge is 0.356 e. The van der Waals surface area contributed by atoms with Crippen molar-refractivity contribution < 1.29 is 14.6 Å². The molecule has 0 radical (unpaired) electrons. The van der Waals surface area contributed by atoms with Gasteiger partial charge in [0, 0.05) is 5.56 Å². The molecule has 0 bridgehead atoms. The van der Waals surface area contributed by atoms with E-state index < -0.39 is 5.97 Å². The van der Waals surface area contributed by atoms with Crippen LogP contribution in [0, 0.1) is 0 Å². The fourth-order valence-corrected chi connectivity index (χ4v) is 1.64. The minimum absolute atomic E-state index is 0.0618. The van der Waals surface area contributed by atoms with Gasteiger partial charge in [0.1, 0.15) is 5.75 Å². The van der Waals surface area contributed by atoms with Crippen molar-refractivity contribution in [3.05, 3.63) is 42.4 Å². The van der Waals surface area contributed by atoms with Gasteiger partial charge in [-0.1, -0.05) is 13.3 Å².